The van der Waals surface area contributed by atoms with Crippen molar-refractivity contribution < 1.29 is 14.3 Å². The summed E-state index contributed by atoms with van der Waals surface area (Å²) in [6.07, 6.45) is 6.90. The molecule has 1 fully saturated rings. The number of pyridine rings is 3. The predicted molar refractivity (Wildman–Crippen MR) is 173 cm³/mol. The maximum absolute atomic E-state index is 15.2. The smallest absolute Gasteiger partial charge is 0.274 e. The Bertz CT molecular complexity index is 2080. The minimum Gasteiger partial charge on any atom is -0.392 e. The summed E-state index contributed by atoms with van der Waals surface area (Å²) in [6.45, 7) is 3.19. The summed E-state index contributed by atoms with van der Waals surface area (Å²) in [7, 11) is 3.20. The van der Waals surface area contributed by atoms with E-state index in [4.69, 9.17) is 0 Å². The van der Waals surface area contributed by atoms with Crippen molar-refractivity contribution in [2.45, 2.75) is 44.6 Å². The van der Waals surface area contributed by atoms with Crippen LogP contribution in [0.25, 0.3) is 27.6 Å². The van der Waals surface area contributed by atoms with E-state index in [1.165, 1.54) is 15.2 Å². The van der Waals surface area contributed by atoms with Crippen LogP contribution in [0.3, 0.4) is 0 Å². The largest absolute Gasteiger partial charge is 0.392 e. The Kier molecular flexibility index (Phi) is 7.62. The number of rotatable bonds is 8. The van der Waals surface area contributed by atoms with Gasteiger partial charge >= 0.3 is 0 Å². The molecule has 0 saturated heterocycles. The Hall–Kier alpha value is -5.09. The van der Waals surface area contributed by atoms with Crippen molar-refractivity contribution in [1.29, 1.82) is 0 Å². The number of nitrogens with one attached hydrogen (secondary N) is 2. The van der Waals surface area contributed by atoms with Crippen molar-refractivity contribution in [2.75, 3.05) is 12.4 Å². The number of halogens is 1. The van der Waals surface area contributed by atoms with Crippen LogP contribution in [0.5, 0.6) is 0 Å². The van der Waals surface area contributed by atoms with Gasteiger partial charge in [0.05, 0.1) is 23.1 Å². The van der Waals surface area contributed by atoms with E-state index in [2.05, 4.69) is 15.6 Å². The van der Waals surface area contributed by atoms with Gasteiger partial charge in [-0.15, -0.1) is 0 Å². The molecule has 1 saturated carbocycles. The third-order valence-electron chi connectivity index (χ3n) is 8.63. The number of anilines is 2. The van der Waals surface area contributed by atoms with Crippen molar-refractivity contribution in [3.63, 3.8) is 0 Å². The molecular formula is C35H34FN5O4. The lowest BCUT2D eigenvalue weighted by molar-refractivity contribution is -0.125. The molecule has 6 rings (SSSR count). The molecule has 10 heteroatoms. The molecule has 0 radical (unpaired) electrons. The number of hydrogen-bond donors (Lipinski definition) is 3. The maximum Gasteiger partial charge on any atom is 0.274 e. The van der Waals surface area contributed by atoms with Gasteiger partial charge in [0.25, 0.3) is 11.1 Å². The summed E-state index contributed by atoms with van der Waals surface area (Å²) < 4.78 is 18.0. The first kappa shape index (κ1) is 30.0. The van der Waals surface area contributed by atoms with Gasteiger partial charge in [-0.2, -0.15) is 0 Å². The van der Waals surface area contributed by atoms with E-state index < -0.39 is 23.4 Å². The van der Waals surface area contributed by atoms with Crippen molar-refractivity contribution in [1.82, 2.24) is 19.4 Å². The summed E-state index contributed by atoms with van der Waals surface area (Å²) in [5.74, 6) is 0.0586. The minimum atomic E-state index is -0.791. The number of benzene rings is 2. The Morgan fingerprint density at radius 3 is 2.53 bits per heavy atom. The average Bonchev–Trinajstić information content (AvgIpc) is 3.88. The van der Waals surface area contributed by atoms with E-state index in [0.29, 0.717) is 45.1 Å². The number of aliphatic hydroxyl groups is 1. The molecule has 0 aliphatic heterocycles. The van der Waals surface area contributed by atoms with Gasteiger partial charge in [-0.1, -0.05) is 24.3 Å². The van der Waals surface area contributed by atoms with Crippen molar-refractivity contribution in [3.8, 4) is 16.8 Å². The SMILES string of the molecule is CNC(=O)C(C)(C)c1ccc(Nc2cc(-c3cccc(-n4ccc5cc(C6CC6)cc(F)c5c4=O)c3CO)cn(C)c2=O)nc1. The number of likely N-dealkylation sites (N-methyl/N-ethyl adjacent to an activating group) is 1. The van der Waals surface area contributed by atoms with E-state index in [9.17, 15) is 19.5 Å². The Balaban J connectivity index is 1.39. The first-order valence-electron chi connectivity index (χ1n) is 14.8. The monoisotopic (exact) mass is 607 g/mol. The third-order valence-corrected chi connectivity index (χ3v) is 8.63. The van der Waals surface area contributed by atoms with Crippen molar-refractivity contribution >= 4 is 28.2 Å². The van der Waals surface area contributed by atoms with Crippen LogP contribution in [0.15, 0.2) is 82.8 Å². The fraction of sp³-hybridized carbons (Fsp3) is 0.257. The highest BCUT2D eigenvalue weighted by atomic mass is 19.1. The van der Waals surface area contributed by atoms with Gasteiger partial charge in [-0.25, -0.2) is 9.37 Å². The first-order chi connectivity index (χ1) is 21.5. The predicted octanol–water partition coefficient (Wildman–Crippen LogP) is 5.03. The van der Waals surface area contributed by atoms with Gasteiger partial charge in [0.2, 0.25) is 5.91 Å². The molecule has 0 bridgehead atoms. The number of amides is 1. The number of carbonyl (C=O) groups excluding carboxylic acids is 1. The standard InChI is InChI=1S/C35H34FN5O4/c1-35(2,34(45)37-3)24-10-11-30(38-17-24)39-28-16-23(18-40(4)32(28)43)25-6-5-7-29(26(25)19-42)41-13-12-21-14-22(20-8-9-20)15-27(36)31(21)33(41)44/h5-7,10-18,20,42H,8-9,19H2,1-4H3,(H,37,45)(H,38,39). The highest BCUT2D eigenvalue weighted by Crippen LogP contribution is 2.41. The molecule has 0 spiro atoms. The topological polar surface area (TPSA) is 118 Å². The van der Waals surface area contributed by atoms with E-state index in [1.54, 1.807) is 89.0 Å². The van der Waals surface area contributed by atoms with Crippen LogP contribution in [0.4, 0.5) is 15.9 Å². The van der Waals surface area contributed by atoms with E-state index >= 15 is 4.39 Å². The van der Waals surface area contributed by atoms with Gasteiger partial charge in [0.1, 0.15) is 17.3 Å². The fourth-order valence-electron chi connectivity index (χ4n) is 5.80. The number of nitrogens with zero attached hydrogens (tertiary/aromatic N) is 3. The molecule has 3 aromatic heterocycles. The Labute approximate surface area is 259 Å². The normalized spacial score (nSPS) is 13.2. The summed E-state index contributed by atoms with van der Waals surface area (Å²) in [6, 6.07) is 15.4. The quantitative estimate of drug-likeness (QED) is 0.228. The lowest BCUT2D eigenvalue weighted by atomic mass is 9.85. The molecule has 9 nitrogen and oxygen atoms in total. The van der Waals surface area contributed by atoms with Crippen LogP contribution in [-0.4, -0.2) is 32.2 Å². The number of hydrogen-bond acceptors (Lipinski definition) is 6. The zero-order chi connectivity index (χ0) is 32.0. The summed E-state index contributed by atoms with van der Waals surface area (Å²) in [4.78, 5) is 43.5. The van der Waals surface area contributed by atoms with Crippen LogP contribution in [-0.2, 0) is 23.9 Å². The Morgan fingerprint density at radius 2 is 1.87 bits per heavy atom. The second-order valence-electron chi connectivity index (χ2n) is 12.0. The lowest BCUT2D eigenvalue weighted by Crippen LogP contribution is -2.38. The van der Waals surface area contributed by atoms with Gasteiger partial charge in [0, 0.05) is 43.8 Å². The molecule has 1 amide bonds. The lowest BCUT2D eigenvalue weighted by Gasteiger charge is -2.22. The maximum atomic E-state index is 15.2. The molecule has 45 heavy (non-hydrogen) atoms. The van der Waals surface area contributed by atoms with Gasteiger partial charge in [-0.05, 0) is 85.0 Å². The van der Waals surface area contributed by atoms with Gasteiger partial charge < -0.3 is 20.3 Å². The summed E-state index contributed by atoms with van der Waals surface area (Å²) >= 11 is 0. The number of aryl methyl sites for hydroxylation is 1. The molecule has 5 aromatic rings. The number of carbonyl (C=O) groups is 1. The van der Waals surface area contributed by atoms with Gasteiger partial charge in [-0.3, -0.25) is 19.0 Å². The number of aromatic nitrogens is 3. The average molecular weight is 608 g/mol. The summed E-state index contributed by atoms with van der Waals surface area (Å²) in [5.41, 5.74) is 2.31. The van der Waals surface area contributed by atoms with Crippen LogP contribution in [0.1, 0.15) is 49.3 Å². The van der Waals surface area contributed by atoms with Crippen LogP contribution in [0.2, 0.25) is 0 Å². The second kappa shape index (κ2) is 11.4. The molecular weight excluding hydrogens is 573 g/mol. The van der Waals surface area contributed by atoms with Gasteiger partial charge in [0.15, 0.2) is 0 Å². The van der Waals surface area contributed by atoms with E-state index in [-0.39, 0.29) is 22.5 Å². The minimum absolute atomic E-state index is 0.00187. The molecule has 1 aliphatic rings. The second-order valence-corrected chi connectivity index (χ2v) is 12.0. The molecule has 2 aromatic carbocycles. The molecule has 3 N–H and O–H groups in total. The van der Waals surface area contributed by atoms with Crippen molar-refractivity contribution in [2.24, 2.45) is 7.05 Å². The van der Waals surface area contributed by atoms with Crippen LogP contribution < -0.4 is 21.8 Å². The molecule has 230 valence electrons. The zero-order valence-corrected chi connectivity index (χ0v) is 25.5. The van der Waals surface area contributed by atoms with Crippen LogP contribution in [0, 0.1) is 5.82 Å². The van der Waals surface area contributed by atoms with E-state index in [0.717, 1.165) is 18.4 Å². The molecule has 0 atom stereocenters. The number of fused-ring (bicyclic) bond motifs is 1. The first-order valence-corrected chi connectivity index (χ1v) is 14.8. The Morgan fingerprint density at radius 1 is 1.09 bits per heavy atom. The van der Waals surface area contributed by atoms with E-state index in [1.807, 2.05) is 6.07 Å². The van der Waals surface area contributed by atoms with Crippen molar-refractivity contribution in [3.05, 3.63) is 116 Å². The zero-order valence-electron chi connectivity index (χ0n) is 25.5. The molecule has 0 unspecified atom stereocenters. The highest BCUT2D eigenvalue weighted by molar-refractivity contribution is 5.87. The molecule has 3 heterocycles. The number of aliphatic hydroxyl groups excluding tert-OH is 1. The third kappa shape index (κ3) is 5.42. The highest BCUT2D eigenvalue weighted by Gasteiger charge is 2.29. The summed E-state index contributed by atoms with van der Waals surface area (Å²) in [5, 5.41) is 16.8. The molecule has 1 aliphatic carbocycles. The fourth-order valence-corrected chi connectivity index (χ4v) is 5.80. The van der Waals surface area contributed by atoms with Crippen LogP contribution >= 0.6 is 0 Å².